The van der Waals surface area contributed by atoms with Crippen LogP contribution in [0.5, 0.6) is 11.5 Å². The van der Waals surface area contributed by atoms with Crippen LogP contribution in [-0.2, 0) is 19.0 Å². The van der Waals surface area contributed by atoms with E-state index < -0.39 is 18.6 Å². The lowest BCUT2D eigenvalue weighted by Crippen LogP contribution is -2.54. The van der Waals surface area contributed by atoms with Gasteiger partial charge in [0.05, 0.1) is 31.0 Å². The molecule has 37 heavy (non-hydrogen) atoms. The number of carbonyl (C=O) groups is 3. The number of fused-ring (bicyclic) bond motifs is 2. The van der Waals surface area contributed by atoms with E-state index in [4.69, 9.17) is 23.7 Å². The van der Waals surface area contributed by atoms with Gasteiger partial charge in [0, 0.05) is 25.6 Å². The second-order valence-corrected chi connectivity index (χ2v) is 9.44. The SMILES string of the molecule is C=CCOC(=O)N1c2cc(OCCCC(C)=O)c(OC)cc2C(=O)N2CCC[C@H]2C1OC1CCCCO1. The number of hydrogen-bond donors (Lipinski definition) is 0. The molecule has 3 aliphatic heterocycles. The number of Topliss-reactive ketones (excluding diaryl/α,β-unsaturated/α-hetero) is 1. The van der Waals surface area contributed by atoms with Crippen molar-refractivity contribution >= 4 is 23.5 Å². The Morgan fingerprint density at radius 2 is 2.03 bits per heavy atom. The zero-order valence-corrected chi connectivity index (χ0v) is 21.6. The summed E-state index contributed by atoms with van der Waals surface area (Å²) < 4.78 is 29.2. The molecular weight excluding hydrogens is 480 g/mol. The Labute approximate surface area is 217 Å². The highest BCUT2D eigenvalue weighted by Gasteiger charge is 2.47. The smallest absolute Gasteiger partial charge is 0.416 e. The van der Waals surface area contributed by atoms with Crippen LogP contribution in [0.25, 0.3) is 0 Å². The highest BCUT2D eigenvalue weighted by Crippen LogP contribution is 2.42. The van der Waals surface area contributed by atoms with Crippen molar-refractivity contribution in [1.29, 1.82) is 0 Å². The minimum atomic E-state index is -0.813. The van der Waals surface area contributed by atoms with Gasteiger partial charge in [0.25, 0.3) is 5.91 Å². The summed E-state index contributed by atoms with van der Waals surface area (Å²) in [6.07, 6.45) is 4.52. The highest BCUT2D eigenvalue weighted by molar-refractivity contribution is 6.06. The molecule has 2 amide bonds. The van der Waals surface area contributed by atoms with Crippen molar-refractivity contribution in [1.82, 2.24) is 4.90 Å². The molecule has 0 radical (unpaired) electrons. The standard InChI is InChI=1S/C27H36N2O8/c1-4-13-36-27(32)29-21-17-23(34-15-8-9-18(2)30)22(33-3)16-19(21)25(31)28-12-7-10-20(28)26(29)37-24-11-5-6-14-35-24/h4,16-17,20,24,26H,1,5-15H2,2-3H3/t20-,24?,26?/m0/s1. The molecule has 0 N–H and O–H groups in total. The minimum Gasteiger partial charge on any atom is -0.493 e. The summed E-state index contributed by atoms with van der Waals surface area (Å²) in [5.74, 6) is 0.578. The summed E-state index contributed by atoms with van der Waals surface area (Å²) in [6.45, 7) is 6.58. The first-order chi connectivity index (χ1) is 17.9. The van der Waals surface area contributed by atoms with Crippen LogP contribution >= 0.6 is 0 Å². The predicted octanol–water partition coefficient (Wildman–Crippen LogP) is 4.06. The molecule has 3 heterocycles. The Balaban J connectivity index is 1.76. The van der Waals surface area contributed by atoms with Gasteiger partial charge in [-0.1, -0.05) is 12.7 Å². The third-order valence-electron chi connectivity index (χ3n) is 6.80. The molecule has 0 bridgehead atoms. The van der Waals surface area contributed by atoms with Crippen molar-refractivity contribution in [3.63, 3.8) is 0 Å². The lowest BCUT2D eigenvalue weighted by molar-refractivity contribution is -0.195. The number of rotatable bonds is 10. The van der Waals surface area contributed by atoms with Gasteiger partial charge < -0.3 is 33.4 Å². The fourth-order valence-corrected chi connectivity index (χ4v) is 5.03. The first-order valence-corrected chi connectivity index (χ1v) is 12.9. The van der Waals surface area contributed by atoms with E-state index >= 15 is 0 Å². The van der Waals surface area contributed by atoms with Crippen LogP contribution in [0, 0.1) is 0 Å². The lowest BCUT2D eigenvalue weighted by atomic mass is 10.1. The minimum absolute atomic E-state index is 0.00417. The summed E-state index contributed by atoms with van der Waals surface area (Å²) in [4.78, 5) is 41.8. The number of ketones is 1. The van der Waals surface area contributed by atoms with Gasteiger partial charge in [-0.05, 0) is 51.5 Å². The van der Waals surface area contributed by atoms with E-state index in [1.165, 1.54) is 25.0 Å². The van der Waals surface area contributed by atoms with Crippen LogP contribution < -0.4 is 14.4 Å². The zero-order chi connectivity index (χ0) is 26.4. The van der Waals surface area contributed by atoms with E-state index in [0.717, 1.165) is 19.3 Å². The zero-order valence-electron chi connectivity index (χ0n) is 21.6. The van der Waals surface area contributed by atoms with Crippen molar-refractivity contribution < 1.29 is 38.1 Å². The molecule has 2 fully saturated rings. The average molecular weight is 517 g/mol. The second kappa shape index (κ2) is 12.4. The quantitative estimate of drug-likeness (QED) is 0.339. The molecule has 0 aromatic heterocycles. The van der Waals surface area contributed by atoms with Crippen molar-refractivity contribution in [2.24, 2.45) is 0 Å². The largest absolute Gasteiger partial charge is 0.493 e. The maximum absolute atomic E-state index is 13.8. The summed E-state index contributed by atoms with van der Waals surface area (Å²) in [6, 6.07) is 2.85. The van der Waals surface area contributed by atoms with Crippen molar-refractivity contribution in [2.45, 2.75) is 70.4 Å². The molecule has 1 aromatic rings. The average Bonchev–Trinajstić information content (AvgIpc) is 3.36. The Hall–Kier alpha value is -3.11. The van der Waals surface area contributed by atoms with Crippen LogP contribution in [0.15, 0.2) is 24.8 Å². The van der Waals surface area contributed by atoms with Gasteiger partial charge >= 0.3 is 6.09 Å². The number of anilines is 1. The number of carbonyl (C=O) groups excluding carboxylic acids is 3. The molecule has 2 saturated heterocycles. The molecule has 10 nitrogen and oxygen atoms in total. The van der Waals surface area contributed by atoms with Crippen molar-refractivity contribution in [3.05, 3.63) is 30.4 Å². The van der Waals surface area contributed by atoms with Gasteiger partial charge in [-0.2, -0.15) is 0 Å². The Bertz CT molecular complexity index is 1010. The molecule has 0 saturated carbocycles. The van der Waals surface area contributed by atoms with Crippen LogP contribution in [0.4, 0.5) is 10.5 Å². The van der Waals surface area contributed by atoms with E-state index in [1.54, 1.807) is 17.0 Å². The van der Waals surface area contributed by atoms with Gasteiger partial charge in [-0.25, -0.2) is 9.69 Å². The van der Waals surface area contributed by atoms with Gasteiger partial charge in [0.15, 0.2) is 24.0 Å². The first-order valence-electron chi connectivity index (χ1n) is 12.9. The molecule has 202 valence electrons. The van der Waals surface area contributed by atoms with Gasteiger partial charge in [-0.3, -0.25) is 4.79 Å². The Morgan fingerprint density at radius 1 is 1.19 bits per heavy atom. The molecule has 3 aliphatic rings. The van der Waals surface area contributed by atoms with E-state index in [9.17, 15) is 14.4 Å². The number of nitrogens with zero attached hydrogens (tertiary/aromatic N) is 2. The molecule has 1 aromatic carbocycles. The van der Waals surface area contributed by atoms with E-state index in [1.807, 2.05) is 0 Å². The van der Waals surface area contributed by atoms with Gasteiger partial charge in [-0.15, -0.1) is 0 Å². The second-order valence-electron chi connectivity index (χ2n) is 9.44. The summed E-state index contributed by atoms with van der Waals surface area (Å²) in [5, 5.41) is 0. The molecule has 2 unspecified atom stereocenters. The lowest BCUT2D eigenvalue weighted by Gasteiger charge is -2.38. The number of hydrogen-bond acceptors (Lipinski definition) is 8. The maximum atomic E-state index is 13.8. The fraction of sp³-hybridized carbons (Fsp3) is 0.593. The van der Waals surface area contributed by atoms with Crippen molar-refractivity contribution in [2.75, 3.05) is 38.4 Å². The third kappa shape index (κ3) is 6.07. The number of amides is 2. The summed E-state index contributed by atoms with van der Waals surface area (Å²) in [5.41, 5.74) is 0.614. The summed E-state index contributed by atoms with van der Waals surface area (Å²) in [7, 11) is 1.49. The summed E-state index contributed by atoms with van der Waals surface area (Å²) >= 11 is 0. The van der Waals surface area contributed by atoms with Gasteiger partial charge in [0.2, 0.25) is 0 Å². The van der Waals surface area contributed by atoms with E-state index in [2.05, 4.69) is 6.58 Å². The Morgan fingerprint density at radius 3 is 2.73 bits per heavy atom. The topological polar surface area (TPSA) is 104 Å². The number of methoxy groups -OCH3 is 1. The highest BCUT2D eigenvalue weighted by atomic mass is 16.7. The fourth-order valence-electron chi connectivity index (χ4n) is 5.03. The number of benzene rings is 1. The van der Waals surface area contributed by atoms with Crippen molar-refractivity contribution in [3.8, 4) is 11.5 Å². The van der Waals surface area contributed by atoms with Crippen LogP contribution in [0.3, 0.4) is 0 Å². The molecule has 3 atom stereocenters. The number of ether oxygens (including phenoxy) is 5. The molecule has 0 spiro atoms. The molecule has 0 aliphatic carbocycles. The van der Waals surface area contributed by atoms with E-state index in [0.29, 0.717) is 61.6 Å². The Kier molecular flexibility index (Phi) is 9.04. The normalized spacial score (nSPS) is 23.1. The monoisotopic (exact) mass is 516 g/mol. The predicted molar refractivity (Wildman–Crippen MR) is 135 cm³/mol. The molecule has 10 heteroatoms. The van der Waals surface area contributed by atoms with E-state index in [-0.39, 0.29) is 30.9 Å². The van der Waals surface area contributed by atoms with Gasteiger partial charge in [0.1, 0.15) is 12.4 Å². The molecular formula is C27H36N2O8. The van der Waals surface area contributed by atoms with Crippen LogP contribution in [-0.4, -0.2) is 74.7 Å². The first kappa shape index (κ1) is 26.9. The third-order valence-corrected chi connectivity index (χ3v) is 6.80. The van der Waals surface area contributed by atoms with Crippen LogP contribution in [0.1, 0.15) is 62.2 Å². The molecule has 4 rings (SSSR count). The van der Waals surface area contributed by atoms with Crippen LogP contribution in [0.2, 0.25) is 0 Å². The maximum Gasteiger partial charge on any atom is 0.416 e.